The van der Waals surface area contributed by atoms with E-state index in [0.29, 0.717) is 5.92 Å². The molecule has 1 aromatic carbocycles. The fraction of sp³-hybridized carbons (Fsp3) is 0.412. The first-order valence-electron chi connectivity index (χ1n) is 7.16. The van der Waals surface area contributed by atoms with Crippen molar-refractivity contribution in [1.29, 1.82) is 0 Å². The van der Waals surface area contributed by atoms with Crippen molar-refractivity contribution in [1.82, 2.24) is 0 Å². The second kappa shape index (κ2) is 6.19. The molecule has 1 heteroatoms. The Morgan fingerprint density at radius 1 is 1.17 bits per heavy atom. The lowest BCUT2D eigenvalue weighted by Crippen LogP contribution is -2.17. The molecule has 0 aliphatic heterocycles. The Balaban J connectivity index is 2.14. The van der Waals surface area contributed by atoms with E-state index < -0.39 is 0 Å². The van der Waals surface area contributed by atoms with Crippen molar-refractivity contribution in [2.45, 2.75) is 40.0 Å². The molecule has 0 aromatic heterocycles. The minimum absolute atomic E-state index is 0.246. The van der Waals surface area contributed by atoms with E-state index in [-0.39, 0.29) is 9.52 Å². The van der Waals surface area contributed by atoms with E-state index in [1.807, 2.05) is 0 Å². The van der Waals surface area contributed by atoms with Crippen molar-refractivity contribution in [2.24, 2.45) is 5.92 Å². The van der Waals surface area contributed by atoms with Crippen LogP contribution in [0.15, 0.2) is 52.8 Å². The molecule has 96 valence electrons. The summed E-state index contributed by atoms with van der Waals surface area (Å²) in [6, 6.07) is 11.1. The SMILES string of the molecule is CCCC1=CC(C(C)C)=C([SiH2]c2ccccc2)C1. The maximum absolute atomic E-state index is 2.50. The second-order valence-corrected chi connectivity index (χ2v) is 7.63. The molecular formula is C17H24Si. The van der Waals surface area contributed by atoms with Gasteiger partial charge >= 0.3 is 0 Å². The molecular weight excluding hydrogens is 232 g/mol. The van der Waals surface area contributed by atoms with Crippen LogP contribution in [0.25, 0.3) is 0 Å². The monoisotopic (exact) mass is 256 g/mol. The van der Waals surface area contributed by atoms with Crippen LogP contribution in [0, 0.1) is 5.92 Å². The molecule has 0 amide bonds. The van der Waals surface area contributed by atoms with E-state index in [4.69, 9.17) is 0 Å². The topological polar surface area (TPSA) is 0 Å². The van der Waals surface area contributed by atoms with Gasteiger partial charge in [0.15, 0.2) is 0 Å². The van der Waals surface area contributed by atoms with Crippen molar-refractivity contribution in [3.63, 3.8) is 0 Å². The van der Waals surface area contributed by atoms with E-state index in [9.17, 15) is 0 Å². The molecule has 0 saturated heterocycles. The Kier molecular flexibility index (Phi) is 4.59. The van der Waals surface area contributed by atoms with E-state index in [1.165, 1.54) is 19.3 Å². The van der Waals surface area contributed by atoms with Crippen LogP contribution in [-0.4, -0.2) is 9.52 Å². The summed E-state index contributed by atoms with van der Waals surface area (Å²) in [6.07, 6.45) is 6.32. The number of benzene rings is 1. The zero-order chi connectivity index (χ0) is 13.0. The molecule has 1 aliphatic rings. The Morgan fingerprint density at radius 2 is 1.89 bits per heavy atom. The van der Waals surface area contributed by atoms with Crippen LogP contribution in [0.5, 0.6) is 0 Å². The highest BCUT2D eigenvalue weighted by Crippen LogP contribution is 2.31. The first-order chi connectivity index (χ1) is 8.70. The summed E-state index contributed by atoms with van der Waals surface area (Å²) >= 11 is 0. The molecule has 1 aliphatic carbocycles. The van der Waals surface area contributed by atoms with Crippen LogP contribution < -0.4 is 5.19 Å². The first-order valence-corrected chi connectivity index (χ1v) is 8.57. The maximum atomic E-state index is 2.50. The van der Waals surface area contributed by atoms with Crippen molar-refractivity contribution in [3.05, 3.63) is 52.8 Å². The summed E-state index contributed by atoms with van der Waals surface area (Å²) in [6.45, 7) is 6.95. The van der Waals surface area contributed by atoms with Gasteiger partial charge in [-0.05, 0) is 18.8 Å². The van der Waals surface area contributed by atoms with Crippen LogP contribution in [0.4, 0.5) is 0 Å². The van der Waals surface area contributed by atoms with Gasteiger partial charge in [0.05, 0.1) is 9.52 Å². The zero-order valence-electron chi connectivity index (χ0n) is 11.9. The summed E-state index contributed by atoms with van der Waals surface area (Å²) in [7, 11) is -0.246. The molecule has 18 heavy (non-hydrogen) atoms. The molecule has 2 rings (SSSR count). The van der Waals surface area contributed by atoms with Crippen LogP contribution in [-0.2, 0) is 0 Å². The molecule has 0 heterocycles. The number of allylic oxidation sites excluding steroid dienone is 4. The van der Waals surface area contributed by atoms with Crippen LogP contribution in [0.1, 0.15) is 40.0 Å². The average molecular weight is 256 g/mol. The molecule has 0 spiro atoms. The summed E-state index contributed by atoms with van der Waals surface area (Å²) in [5.74, 6) is 0.686. The lowest BCUT2D eigenvalue weighted by Gasteiger charge is -2.10. The van der Waals surface area contributed by atoms with Gasteiger partial charge in [0.1, 0.15) is 0 Å². The molecule has 0 atom stereocenters. The number of rotatable bonds is 5. The van der Waals surface area contributed by atoms with Gasteiger partial charge in [-0.2, -0.15) is 0 Å². The average Bonchev–Trinajstić information content (AvgIpc) is 2.74. The molecule has 0 fully saturated rings. The molecule has 1 aromatic rings. The lowest BCUT2D eigenvalue weighted by atomic mass is 10.0. The van der Waals surface area contributed by atoms with Crippen molar-refractivity contribution >= 4 is 14.7 Å². The van der Waals surface area contributed by atoms with Crippen LogP contribution in [0.2, 0.25) is 0 Å². The van der Waals surface area contributed by atoms with Gasteiger partial charge in [0.25, 0.3) is 0 Å². The third-order valence-electron chi connectivity index (χ3n) is 3.66. The van der Waals surface area contributed by atoms with E-state index >= 15 is 0 Å². The van der Waals surface area contributed by atoms with E-state index in [1.54, 1.807) is 21.5 Å². The highest BCUT2D eigenvalue weighted by Gasteiger charge is 2.17. The number of hydrogen-bond donors (Lipinski definition) is 0. The number of hydrogen-bond acceptors (Lipinski definition) is 0. The zero-order valence-corrected chi connectivity index (χ0v) is 13.3. The van der Waals surface area contributed by atoms with Crippen molar-refractivity contribution in [2.75, 3.05) is 0 Å². The van der Waals surface area contributed by atoms with E-state index in [2.05, 4.69) is 57.2 Å². The van der Waals surface area contributed by atoms with Crippen LogP contribution >= 0.6 is 0 Å². The smallest absolute Gasteiger partial charge is 0.0752 e. The highest BCUT2D eigenvalue weighted by molar-refractivity contribution is 6.61. The molecule has 0 saturated carbocycles. The summed E-state index contributed by atoms with van der Waals surface area (Å²) < 4.78 is 0. The van der Waals surface area contributed by atoms with Gasteiger partial charge in [-0.1, -0.05) is 85.1 Å². The summed E-state index contributed by atoms with van der Waals surface area (Å²) in [5.41, 5.74) is 3.31. The predicted molar refractivity (Wildman–Crippen MR) is 84.1 cm³/mol. The summed E-state index contributed by atoms with van der Waals surface area (Å²) in [5, 5.41) is 3.36. The highest BCUT2D eigenvalue weighted by atomic mass is 28.2. The standard InChI is InChI=1S/C17H24Si/c1-4-8-14-11-16(13(2)3)17(12-14)18-15-9-6-5-7-10-15/h5-7,9-11,13H,4,8,12,18H2,1-3H3. The fourth-order valence-electron chi connectivity index (χ4n) is 2.81. The second-order valence-electron chi connectivity index (χ2n) is 5.61. The third kappa shape index (κ3) is 3.23. The van der Waals surface area contributed by atoms with Crippen LogP contribution in [0.3, 0.4) is 0 Å². The molecule has 0 bridgehead atoms. The fourth-order valence-corrected chi connectivity index (χ4v) is 4.97. The molecule has 0 radical (unpaired) electrons. The largest absolute Gasteiger partial charge is 0.0832 e. The van der Waals surface area contributed by atoms with Gasteiger partial charge in [0, 0.05) is 0 Å². The quantitative estimate of drug-likeness (QED) is 0.707. The Hall–Kier alpha value is -1.08. The summed E-state index contributed by atoms with van der Waals surface area (Å²) in [4.78, 5) is 0. The predicted octanol–water partition coefficient (Wildman–Crippen LogP) is 3.52. The molecule has 0 unspecified atom stereocenters. The van der Waals surface area contributed by atoms with Gasteiger partial charge in [-0.15, -0.1) is 0 Å². The van der Waals surface area contributed by atoms with Crippen molar-refractivity contribution in [3.8, 4) is 0 Å². The Labute approximate surface area is 114 Å². The van der Waals surface area contributed by atoms with Gasteiger partial charge in [0.2, 0.25) is 0 Å². The molecule has 0 N–H and O–H groups in total. The van der Waals surface area contributed by atoms with E-state index in [0.717, 1.165) is 0 Å². The maximum Gasteiger partial charge on any atom is 0.0832 e. The lowest BCUT2D eigenvalue weighted by molar-refractivity contribution is 0.790. The minimum Gasteiger partial charge on any atom is -0.0752 e. The Morgan fingerprint density at radius 3 is 2.50 bits per heavy atom. The Bertz CT molecular complexity index is 452. The molecule has 0 nitrogen and oxygen atoms in total. The normalized spacial score (nSPS) is 16.1. The first kappa shape index (κ1) is 13.4. The van der Waals surface area contributed by atoms with Crippen molar-refractivity contribution < 1.29 is 0 Å². The van der Waals surface area contributed by atoms with Gasteiger partial charge in [-0.3, -0.25) is 0 Å². The van der Waals surface area contributed by atoms with Gasteiger partial charge < -0.3 is 0 Å². The van der Waals surface area contributed by atoms with Gasteiger partial charge in [-0.25, -0.2) is 0 Å². The third-order valence-corrected chi connectivity index (χ3v) is 5.63. The minimum atomic E-state index is -0.246.